The predicted molar refractivity (Wildman–Crippen MR) is 85.7 cm³/mol. The highest BCUT2D eigenvalue weighted by molar-refractivity contribution is 7.91. The molecule has 128 valence electrons. The van der Waals surface area contributed by atoms with E-state index in [1.165, 1.54) is 25.3 Å². The normalized spacial score (nSPS) is 11.4. The number of benzene rings is 2. The van der Waals surface area contributed by atoms with Gasteiger partial charge >= 0.3 is 11.6 Å². The van der Waals surface area contributed by atoms with E-state index >= 15 is 0 Å². The average Bonchev–Trinajstić information content (AvgIpc) is 2.60. The van der Waals surface area contributed by atoms with E-state index in [0.29, 0.717) is 0 Å². The molecule has 0 aliphatic carbocycles. The van der Waals surface area contributed by atoms with Gasteiger partial charge in [0.25, 0.3) is 0 Å². The Morgan fingerprint density at radius 3 is 2.40 bits per heavy atom. The van der Waals surface area contributed by atoms with Crippen LogP contribution in [0.5, 0.6) is 0 Å². The Balaban J connectivity index is 2.21. The molecule has 1 heterocycles. The predicted octanol–water partition coefficient (Wildman–Crippen LogP) is 2.55. The van der Waals surface area contributed by atoms with E-state index in [-0.39, 0.29) is 21.4 Å². The monoisotopic (exact) mass is 362 g/mol. The number of hydrogen-bond donors (Lipinski definition) is 0. The van der Waals surface area contributed by atoms with Crippen molar-refractivity contribution in [3.05, 3.63) is 70.3 Å². The molecule has 0 saturated heterocycles. The Labute approximate surface area is 141 Å². The number of esters is 1. The summed E-state index contributed by atoms with van der Waals surface area (Å²) in [5.74, 6) is -1.22. The van der Waals surface area contributed by atoms with Crippen LogP contribution < -0.4 is 5.63 Å². The van der Waals surface area contributed by atoms with Gasteiger partial charge in [0.05, 0.1) is 17.6 Å². The van der Waals surface area contributed by atoms with Crippen LogP contribution in [0.3, 0.4) is 0 Å². The lowest BCUT2D eigenvalue weighted by Gasteiger charge is -2.06. The van der Waals surface area contributed by atoms with Crippen LogP contribution >= 0.6 is 0 Å². The Hall–Kier alpha value is -3.00. The second-order valence-corrected chi connectivity index (χ2v) is 7.02. The number of hydrogen-bond acceptors (Lipinski definition) is 6. The molecule has 25 heavy (non-hydrogen) atoms. The van der Waals surface area contributed by atoms with Gasteiger partial charge in [-0.3, -0.25) is 0 Å². The Morgan fingerprint density at radius 1 is 1.08 bits per heavy atom. The second-order valence-electron chi connectivity index (χ2n) is 5.10. The number of carbonyl (C=O) groups is 1. The van der Waals surface area contributed by atoms with Crippen molar-refractivity contribution in [2.75, 3.05) is 7.11 Å². The molecule has 0 N–H and O–H groups in total. The van der Waals surface area contributed by atoms with E-state index in [2.05, 4.69) is 4.74 Å². The molecule has 0 atom stereocenters. The molecule has 1 aromatic heterocycles. The van der Waals surface area contributed by atoms with Crippen molar-refractivity contribution in [1.82, 2.24) is 0 Å². The number of halogens is 1. The summed E-state index contributed by atoms with van der Waals surface area (Å²) in [5.41, 5.74) is -0.757. The third kappa shape index (κ3) is 3.03. The first-order valence-electron chi connectivity index (χ1n) is 7.00. The van der Waals surface area contributed by atoms with Gasteiger partial charge < -0.3 is 9.15 Å². The van der Waals surface area contributed by atoms with Gasteiger partial charge in [-0.2, -0.15) is 0 Å². The zero-order chi connectivity index (χ0) is 18.2. The Morgan fingerprint density at radius 2 is 1.76 bits per heavy atom. The summed E-state index contributed by atoms with van der Waals surface area (Å²) < 4.78 is 47.9. The molecule has 2 aromatic carbocycles. The number of sulfone groups is 1. The van der Waals surface area contributed by atoms with Crippen LogP contribution in [-0.4, -0.2) is 21.5 Å². The number of methoxy groups -OCH3 is 1. The van der Waals surface area contributed by atoms with Crippen LogP contribution in [-0.2, 0) is 14.6 Å². The molecular weight excluding hydrogens is 351 g/mol. The minimum absolute atomic E-state index is 0.121. The molecule has 0 amide bonds. The van der Waals surface area contributed by atoms with Crippen molar-refractivity contribution < 1.29 is 26.8 Å². The van der Waals surface area contributed by atoms with Crippen molar-refractivity contribution in [3.8, 4) is 0 Å². The highest BCUT2D eigenvalue weighted by atomic mass is 32.2. The summed E-state index contributed by atoms with van der Waals surface area (Å²) in [5, 5.41) is 0.239. The molecular formula is C17H11FO6S. The summed E-state index contributed by atoms with van der Waals surface area (Å²) in [7, 11) is -3.00. The molecule has 0 bridgehead atoms. The number of fused-ring (bicyclic) bond motifs is 1. The van der Waals surface area contributed by atoms with Crippen molar-refractivity contribution >= 4 is 26.8 Å². The molecule has 0 radical (unpaired) electrons. The zero-order valence-electron chi connectivity index (χ0n) is 12.9. The Bertz CT molecular complexity index is 1130. The number of rotatable bonds is 3. The molecule has 0 unspecified atom stereocenters. The number of carbonyl (C=O) groups excluding carboxylic acids is 1. The average molecular weight is 362 g/mol. The van der Waals surface area contributed by atoms with E-state index in [1.54, 1.807) is 0 Å². The van der Waals surface area contributed by atoms with E-state index in [1.807, 2.05) is 0 Å². The topological polar surface area (TPSA) is 90.7 Å². The molecule has 0 aliphatic heterocycles. The molecule has 0 saturated carbocycles. The zero-order valence-corrected chi connectivity index (χ0v) is 13.7. The molecule has 3 aromatic rings. The summed E-state index contributed by atoms with van der Waals surface area (Å²) in [6.07, 6.45) is 0. The van der Waals surface area contributed by atoms with Crippen LogP contribution in [0.15, 0.2) is 67.5 Å². The van der Waals surface area contributed by atoms with Gasteiger partial charge in [-0.15, -0.1) is 0 Å². The highest BCUT2D eigenvalue weighted by Crippen LogP contribution is 2.23. The van der Waals surface area contributed by atoms with Gasteiger partial charge in [0.1, 0.15) is 11.4 Å². The van der Waals surface area contributed by atoms with Crippen LogP contribution in [0.25, 0.3) is 11.0 Å². The van der Waals surface area contributed by atoms with Crippen molar-refractivity contribution in [2.45, 2.75) is 9.79 Å². The Kier molecular flexibility index (Phi) is 4.13. The maximum absolute atomic E-state index is 13.0. The molecule has 3 rings (SSSR count). The fraction of sp³-hybridized carbons (Fsp3) is 0.0588. The molecule has 0 fully saturated rings. The number of ether oxygens (including phenoxy) is 1. The lowest BCUT2D eigenvalue weighted by atomic mass is 10.1. The second kappa shape index (κ2) is 6.14. The maximum atomic E-state index is 13.0. The van der Waals surface area contributed by atoms with Crippen molar-refractivity contribution in [1.29, 1.82) is 0 Å². The molecule has 8 heteroatoms. The molecule has 0 aliphatic rings. The standard InChI is InChI=1S/C17H11FO6S/c1-23-16(19)10-2-7-14-11(8-10)9-15(17(20)24-14)25(21,22)13-5-3-12(18)4-6-13/h2-9H,1H3. The van der Waals surface area contributed by atoms with E-state index in [4.69, 9.17) is 4.42 Å². The van der Waals surface area contributed by atoms with E-state index in [0.717, 1.165) is 30.3 Å². The summed E-state index contributed by atoms with van der Waals surface area (Å²) in [6, 6.07) is 9.30. The van der Waals surface area contributed by atoms with Gasteiger partial charge in [0.15, 0.2) is 4.90 Å². The van der Waals surface area contributed by atoms with Crippen LogP contribution in [0, 0.1) is 5.82 Å². The van der Waals surface area contributed by atoms with E-state index in [9.17, 15) is 22.4 Å². The fourth-order valence-electron chi connectivity index (χ4n) is 2.28. The van der Waals surface area contributed by atoms with Crippen molar-refractivity contribution in [2.24, 2.45) is 0 Å². The lowest BCUT2D eigenvalue weighted by molar-refractivity contribution is 0.0601. The van der Waals surface area contributed by atoms with Crippen LogP contribution in [0.1, 0.15) is 10.4 Å². The molecule has 0 spiro atoms. The van der Waals surface area contributed by atoms with Gasteiger partial charge in [0.2, 0.25) is 9.84 Å². The lowest BCUT2D eigenvalue weighted by Crippen LogP contribution is -2.14. The van der Waals surface area contributed by atoms with Crippen LogP contribution in [0.4, 0.5) is 4.39 Å². The maximum Gasteiger partial charge on any atom is 0.355 e. The van der Waals surface area contributed by atoms with Gasteiger partial charge in [-0.25, -0.2) is 22.4 Å². The van der Waals surface area contributed by atoms with Gasteiger partial charge in [0, 0.05) is 5.39 Å². The third-order valence-electron chi connectivity index (χ3n) is 3.53. The molecule has 6 nitrogen and oxygen atoms in total. The first-order valence-corrected chi connectivity index (χ1v) is 8.48. The first-order chi connectivity index (χ1) is 11.8. The van der Waals surface area contributed by atoms with Crippen molar-refractivity contribution in [3.63, 3.8) is 0 Å². The smallest absolute Gasteiger partial charge is 0.355 e. The minimum Gasteiger partial charge on any atom is -0.465 e. The summed E-state index contributed by atoms with van der Waals surface area (Å²) >= 11 is 0. The fourth-order valence-corrected chi connectivity index (χ4v) is 3.57. The quantitative estimate of drug-likeness (QED) is 0.404. The van der Waals surface area contributed by atoms with Crippen LogP contribution in [0.2, 0.25) is 0 Å². The SMILES string of the molecule is COC(=O)c1ccc2oc(=O)c(S(=O)(=O)c3ccc(F)cc3)cc2c1. The van der Waals surface area contributed by atoms with Gasteiger partial charge in [-0.05, 0) is 48.5 Å². The van der Waals surface area contributed by atoms with E-state index < -0.39 is 32.1 Å². The minimum atomic E-state index is -4.21. The highest BCUT2D eigenvalue weighted by Gasteiger charge is 2.23. The third-order valence-corrected chi connectivity index (χ3v) is 5.29. The largest absolute Gasteiger partial charge is 0.465 e. The summed E-state index contributed by atoms with van der Waals surface area (Å²) in [4.78, 5) is 22.8. The first kappa shape index (κ1) is 16.8. The van der Waals surface area contributed by atoms with Gasteiger partial charge in [-0.1, -0.05) is 0 Å². The summed E-state index contributed by atoms with van der Waals surface area (Å²) in [6.45, 7) is 0.